The van der Waals surface area contributed by atoms with Crippen LogP contribution in [0.15, 0.2) is 61.3 Å². The number of carbonyl (C=O) groups is 1. The van der Waals surface area contributed by atoms with Gasteiger partial charge in [0.1, 0.15) is 5.82 Å². The molecule has 0 unspecified atom stereocenters. The predicted molar refractivity (Wildman–Crippen MR) is 94.5 cm³/mol. The highest BCUT2D eigenvalue weighted by Gasteiger charge is 2.14. The number of benzene rings is 1. The summed E-state index contributed by atoms with van der Waals surface area (Å²) in [6, 6.07) is 14.1. The van der Waals surface area contributed by atoms with Crippen molar-refractivity contribution in [2.75, 3.05) is 11.4 Å². The number of nitrogens with zero attached hydrogens (tertiary/aromatic N) is 2. The lowest BCUT2D eigenvalue weighted by Crippen LogP contribution is -2.31. The molecule has 0 fully saturated rings. The van der Waals surface area contributed by atoms with Crippen LogP contribution in [0.2, 0.25) is 0 Å². The molecule has 120 valence electrons. The molecule has 0 saturated heterocycles. The van der Waals surface area contributed by atoms with E-state index in [2.05, 4.69) is 47.8 Å². The van der Waals surface area contributed by atoms with Gasteiger partial charge in [-0.05, 0) is 31.5 Å². The summed E-state index contributed by atoms with van der Waals surface area (Å²) in [5, 5.41) is 2.79. The van der Waals surface area contributed by atoms with E-state index in [4.69, 9.17) is 0 Å². The summed E-state index contributed by atoms with van der Waals surface area (Å²) in [4.78, 5) is 18.7. The molecule has 0 spiro atoms. The van der Waals surface area contributed by atoms with E-state index in [0.717, 1.165) is 12.4 Å². The minimum absolute atomic E-state index is 0.114. The Kier molecular flexibility index (Phi) is 5.92. The summed E-state index contributed by atoms with van der Waals surface area (Å²) < 4.78 is 0. The molecule has 2 aromatic rings. The topological polar surface area (TPSA) is 45.2 Å². The normalized spacial score (nSPS) is 10.4. The number of nitrogens with one attached hydrogen (secondary N) is 1. The van der Waals surface area contributed by atoms with Crippen LogP contribution in [0.5, 0.6) is 0 Å². The Bertz CT molecular complexity index is 653. The Morgan fingerprint density at radius 1 is 1.30 bits per heavy atom. The number of amides is 1. The number of carbonyl (C=O) groups excluding carboxylic acids is 1. The molecule has 0 saturated carbocycles. The molecule has 1 N–H and O–H groups in total. The molecule has 23 heavy (non-hydrogen) atoms. The zero-order valence-corrected chi connectivity index (χ0v) is 13.7. The molecule has 1 amide bonds. The van der Waals surface area contributed by atoms with E-state index in [1.165, 1.54) is 5.56 Å². The smallest absolute Gasteiger partial charge is 0.251 e. The van der Waals surface area contributed by atoms with Gasteiger partial charge in [-0.25, -0.2) is 4.98 Å². The largest absolute Gasteiger partial charge is 0.350 e. The van der Waals surface area contributed by atoms with Crippen LogP contribution >= 0.6 is 0 Å². The Morgan fingerprint density at radius 2 is 2.04 bits per heavy atom. The first-order valence-corrected chi connectivity index (χ1v) is 7.77. The van der Waals surface area contributed by atoms with Crippen LogP contribution in [0.3, 0.4) is 0 Å². The van der Waals surface area contributed by atoms with Crippen molar-refractivity contribution >= 4 is 11.7 Å². The number of anilines is 1. The third-order valence-electron chi connectivity index (χ3n) is 3.53. The quantitative estimate of drug-likeness (QED) is 0.797. The summed E-state index contributed by atoms with van der Waals surface area (Å²) >= 11 is 0. The zero-order valence-electron chi connectivity index (χ0n) is 13.7. The first-order chi connectivity index (χ1) is 11.1. The number of pyridine rings is 1. The molecule has 0 atom stereocenters. The average molecular weight is 309 g/mol. The van der Waals surface area contributed by atoms with E-state index in [9.17, 15) is 4.79 Å². The third kappa shape index (κ3) is 4.68. The highest BCUT2D eigenvalue weighted by molar-refractivity contribution is 5.94. The van der Waals surface area contributed by atoms with Gasteiger partial charge in [0, 0.05) is 30.9 Å². The second-order valence-electron chi connectivity index (χ2n) is 5.61. The van der Waals surface area contributed by atoms with Gasteiger partial charge in [-0.2, -0.15) is 0 Å². The van der Waals surface area contributed by atoms with Gasteiger partial charge in [-0.15, -0.1) is 6.58 Å². The number of hydrogen-bond donors (Lipinski definition) is 1. The third-order valence-corrected chi connectivity index (χ3v) is 3.53. The van der Waals surface area contributed by atoms with Crippen molar-refractivity contribution in [3.8, 4) is 0 Å². The standard InChI is InChI=1S/C19H23N3O/c1-4-11-21-19(23)17-10-12-20-18(13-17)22(15(2)3)14-16-8-6-5-7-9-16/h4-10,12-13,15H,1,11,14H2,2-3H3,(H,21,23). The van der Waals surface area contributed by atoms with Gasteiger partial charge in [-0.1, -0.05) is 36.4 Å². The molecular formula is C19H23N3O. The molecule has 1 aromatic heterocycles. The van der Waals surface area contributed by atoms with Crippen LogP contribution in [0.1, 0.15) is 29.8 Å². The van der Waals surface area contributed by atoms with Crippen molar-refractivity contribution in [1.82, 2.24) is 10.3 Å². The van der Waals surface area contributed by atoms with Gasteiger partial charge in [0.05, 0.1) is 0 Å². The minimum atomic E-state index is -0.114. The molecule has 2 rings (SSSR count). The molecule has 4 heteroatoms. The number of hydrogen-bond acceptors (Lipinski definition) is 3. The summed E-state index contributed by atoms with van der Waals surface area (Å²) in [7, 11) is 0. The van der Waals surface area contributed by atoms with E-state index >= 15 is 0 Å². The second kappa shape index (κ2) is 8.13. The van der Waals surface area contributed by atoms with Crippen LogP contribution < -0.4 is 10.2 Å². The van der Waals surface area contributed by atoms with Crippen LogP contribution in [0.4, 0.5) is 5.82 Å². The van der Waals surface area contributed by atoms with Crippen molar-refractivity contribution in [3.05, 3.63) is 72.4 Å². The van der Waals surface area contributed by atoms with Gasteiger partial charge >= 0.3 is 0 Å². The maximum atomic E-state index is 12.1. The van der Waals surface area contributed by atoms with Gasteiger partial charge in [0.15, 0.2) is 0 Å². The van der Waals surface area contributed by atoms with E-state index in [0.29, 0.717) is 12.1 Å². The molecule has 0 aliphatic heterocycles. The number of rotatable bonds is 7. The fraction of sp³-hybridized carbons (Fsp3) is 0.263. The maximum Gasteiger partial charge on any atom is 0.251 e. The first kappa shape index (κ1) is 16.7. The van der Waals surface area contributed by atoms with Gasteiger partial charge < -0.3 is 10.2 Å². The Balaban J connectivity index is 2.22. The lowest BCUT2D eigenvalue weighted by molar-refractivity contribution is 0.0958. The first-order valence-electron chi connectivity index (χ1n) is 7.77. The zero-order chi connectivity index (χ0) is 16.7. The molecule has 0 aliphatic rings. The Hall–Kier alpha value is -2.62. The lowest BCUT2D eigenvalue weighted by atomic mass is 10.1. The van der Waals surface area contributed by atoms with Gasteiger partial charge in [0.25, 0.3) is 5.91 Å². The maximum absolute atomic E-state index is 12.1. The molecule has 4 nitrogen and oxygen atoms in total. The van der Waals surface area contributed by atoms with Crippen LogP contribution in [0, 0.1) is 0 Å². The van der Waals surface area contributed by atoms with Crippen molar-refractivity contribution in [3.63, 3.8) is 0 Å². The van der Waals surface area contributed by atoms with Gasteiger partial charge in [-0.3, -0.25) is 4.79 Å². The van der Waals surface area contributed by atoms with E-state index < -0.39 is 0 Å². The van der Waals surface area contributed by atoms with Crippen molar-refractivity contribution in [1.29, 1.82) is 0 Å². The Morgan fingerprint density at radius 3 is 2.70 bits per heavy atom. The summed E-state index contributed by atoms with van der Waals surface area (Å²) in [6.07, 6.45) is 3.34. The molecule has 0 bridgehead atoms. The highest BCUT2D eigenvalue weighted by Crippen LogP contribution is 2.19. The van der Waals surface area contributed by atoms with Gasteiger partial charge in [0.2, 0.25) is 0 Å². The molecular weight excluding hydrogens is 286 g/mol. The van der Waals surface area contributed by atoms with Crippen molar-refractivity contribution in [2.24, 2.45) is 0 Å². The van der Waals surface area contributed by atoms with Crippen molar-refractivity contribution in [2.45, 2.75) is 26.4 Å². The monoisotopic (exact) mass is 309 g/mol. The minimum Gasteiger partial charge on any atom is -0.350 e. The highest BCUT2D eigenvalue weighted by atomic mass is 16.1. The number of aromatic nitrogens is 1. The SMILES string of the molecule is C=CCNC(=O)c1ccnc(N(Cc2ccccc2)C(C)C)c1. The predicted octanol–water partition coefficient (Wildman–Crippen LogP) is 3.41. The molecule has 0 aliphatic carbocycles. The Labute approximate surface area is 137 Å². The molecule has 1 heterocycles. The van der Waals surface area contributed by atoms with Crippen molar-refractivity contribution < 1.29 is 4.79 Å². The fourth-order valence-electron chi connectivity index (χ4n) is 2.29. The summed E-state index contributed by atoms with van der Waals surface area (Å²) in [6.45, 7) is 9.05. The van der Waals surface area contributed by atoms with E-state index in [1.807, 2.05) is 24.3 Å². The average Bonchev–Trinajstić information content (AvgIpc) is 2.58. The molecule has 0 radical (unpaired) electrons. The summed E-state index contributed by atoms with van der Waals surface area (Å²) in [5.41, 5.74) is 1.82. The van der Waals surface area contributed by atoms with Crippen LogP contribution in [0.25, 0.3) is 0 Å². The van der Waals surface area contributed by atoms with E-state index in [1.54, 1.807) is 18.3 Å². The second-order valence-corrected chi connectivity index (χ2v) is 5.61. The van der Waals surface area contributed by atoms with Crippen LogP contribution in [-0.2, 0) is 6.54 Å². The van der Waals surface area contributed by atoms with E-state index in [-0.39, 0.29) is 11.9 Å². The summed E-state index contributed by atoms with van der Waals surface area (Å²) in [5.74, 6) is 0.687. The lowest BCUT2D eigenvalue weighted by Gasteiger charge is -2.28. The van der Waals surface area contributed by atoms with Crippen LogP contribution in [-0.4, -0.2) is 23.5 Å². The molecule has 1 aromatic carbocycles. The fourth-order valence-corrected chi connectivity index (χ4v) is 2.29.